The molecule has 0 saturated heterocycles. The van der Waals surface area contributed by atoms with Crippen molar-refractivity contribution in [3.8, 4) is 0 Å². The van der Waals surface area contributed by atoms with Crippen LogP contribution in [0.15, 0.2) is 75.2 Å². The summed E-state index contributed by atoms with van der Waals surface area (Å²) < 4.78 is 17.1. The van der Waals surface area contributed by atoms with E-state index in [4.69, 9.17) is 13.7 Å². The van der Waals surface area contributed by atoms with Gasteiger partial charge in [0.2, 0.25) is 5.91 Å². The first kappa shape index (κ1) is 29.1. The van der Waals surface area contributed by atoms with E-state index in [1.165, 1.54) is 5.56 Å². The van der Waals surface area contributed by atoms with Crippen LogP contribution in [-0.2, 0) is 20.7 Å². The van der Waals surface area contributed by atoms with Crippen LogP contribution in [0, 0.1) is 33.6 Å². The molecule has 5 rings (SSSR count). The standard InChI is InChI=1S/C34H36N2O6/c1-19-7-6-8-25(14-19)33(27-11-9-20(2)13-21(27)3)35-30(37)16-24-10-12-28-26(15-24)17-29(41-28)34(40-18-31(38)39)32-22(4)36-42-23(32)5/h6,8-15,17,19,33-34H,7,16,18H2,1-5H3,(H,35,37)(H,38,39). The van der Waals surface area contributed by atoms with Gasteiger partial charge in [0.1, 0.15) is 29.8 Å². The van der Waals surface area contributed by atoms with Crippen molar-refractivity contribution in [1.29, 1.82) is 0 Å². The summed E-state index contributed by atoms with van der Waals surface area (Å²) in [4.78, 5) is 24.7. The summed E-state index contributed by atoms with van der Waals surface area (Å²) in [5.41, 5.74) is 7.15. The molecule has 8 nitrogen and oxygen atoms in total. The third-order valence-electron chi connectivity index (χ3n) is 7.62. The van der Waals surface area contributed by atoms with E-state index in [2.05, 4.69) is 67.7 Å². The summed E-state index contributed by atoms with van der Waals surface area (Å²) >= 11 is 0. The molecule has 1 amide bonds. The lowest BCUT2D eigenvalue weighted by Gasteiger charge is -2.25. The van der Waals surface area contributed by atoms with Crippen LogP contribution >= 0.6 is 0 Å². The van der Waals surface area contributed by atoms with Crippen molar-refractivity contribution in [3.63, 3.8) is 0 Å². The van der Waals surface area contributed by atoms with Crippen LogP contribution in [0.2, 0.25) is 0 Å². The summed E-state index contributed by atoms with van der Waals surface area (Å²) in [7, 11) is 0. The van der Waals surface area contributed by atoms with Crippen LogP contribution in [0.4, 0.5) is 0 Å². The maximum Gasteiger partial charge on any atom is 0.329 e. The SMILES string of the molecule is Cc1ccc(C(NC(=O)Cc2ccc3oc(C(OCC(=O)O)c4c(C)noc4C)cc3c2)C2=CC(C)CC=C2)c(C)c1. The van der Waals surface area contributed by atoms with Gasteiger partial charge in [-0.25, -0.2) is 4.79 Å². The molecular formula is C34H36N2O6. The average molecular weight is 569 g/mol. The van der Waals surface area contributed by atoms with E-state index in [1.54, 1.807) is 13.8 Å². The Balaban J connectivity index is 1.40. The molecule has 2 heterocycles. The van der Waals surface area contributed by atoms with Crippen molar-refractivity contribution in [1.82, 2.24) is 10.5 Å². The lowest BCUT2D eigenvalue weighted by Crippen LogP contribution is -2.31. The van der Waals surface area contributed by atoms with Gasteiger partial charge in [-0.15, -0.1) is 0 Å². The predicted molar refractivity (Wildman–Crippen MR) is 159 cm³/mol. The Bertz CT molecular complexity index is 1670. The Kier molecular flexibility index (Phi) is 8.45. The lowest BCUT2D eigenvalue weighted by molar-refractivity contribution is -0.144. The number of nitrogens with zero attached hydrogens (tertiary/aromatic N) is 1. The Morgan fingerprint density at radius 3 is 2.62 bits per heavy atom. The van der Waals surface area contributed by atoms with Crippen LogP contribution in [0.25, 0.3) is 11.0 Å². The number of carbonyl (C=O) groups is 2. The minimum atomic E-state index is -1.09. The van der Waals surface area contributed by atoms with E-state index in [1.807, 2.05) is 24.3 Å². The van der Waals surface area contributed by atoms with E-state index in [9.17, 15) is 14.7 Å². The molecule has 0 radical (unpaired) electrons. The first-order chi connectivity index (χ1) is 20.1. The van der Waals surface area contributed by atoms with Gasteiger partial charge in [-0.2, -0.15) is 0 Å². The number of carboxylic acid groups (broad SMARTS) is 1. The van der Waals surface area contributed by atoms with Crippen molar-refractivity contribution in [2.24, 2.45) is 5.92 Å². The van der Waals surface area contributed by atoms with E-state index in [0.717, 1.165) is 34.1 Å². The third kappa shape index (κ3) is 6.39. The number of furan rings is 1. The monoisotopic (exact) mass is 568 g/mol. The quantitative estimate of drug-likeness (QED) is 0.217. The van der Waals surface area contributed by atoms with Gasteiger partial charge in [0.25, 0.3) is 0 Å². The zero-order chi connectivity index (χ0) is 30.0. The predicted octanol–water partition coefficient (Wildman–Crippen LogP) is 6.77. The van der Waals surface area contributed by atoms with Crippen molar-refractivity contribution in [2.45, 2.75) is 59.6 Å². The molecule has 2 aromatic heterocycles. The fourth-order valence-electron chi connectivity index (χ4n) is 5.63. The molecule has 1 aliphatic carbocycles. The minimum absolute atomic E-state index is 0.0889. The molecular weight excluding hydrogens is 532 g/mol. The summed E-state index contributed by atoms with van der Waals surface area (Å²) in [5, 5.41) is 17.3. The Hall–Kier alpha value is -4.43. The van der Waals surface area contributed by atoms with Gasteiger partial charge in [-0.05, 0) is 80.5 Å². The molecule has 0 fully saturated rings. The van der Waals surface area contributed by atoms with Crippen molar-refractivity contribution >= 4 is 22.8 Å². The molecule has 218 valence electrons. The normalized spacial score (nSPS) is 16.3. The fourth-order valence-corrected chi connectivity index (χ4v) is 5.63. The largest absolute Gasteiger partial charge is 0.480 e. The number of amides is 1. The number of aliphatic carboxylic acids is 1. The summed E-state index contributed by atoms with van der Waals surface area (Å²) in [6, 6.07) is 13.5. The Labute approximate surface area is 245 Å². The van der Waals surface area contributed by atoms with Crippen LogP contribution in [-0.4, -0.2) is 28.7 Å². The second kappa shape index (κ2) is 12.2. The molecule has 8 heteroatoms. The highest BCUT2D eigenvalue weighted by molar-refractivity contribution is 5.83. The van der Waals surface area contributed by atoms with Crippen molar-refractivity contribution < 1.29 is 28.4 Å². The van der Waals surface area contributed by atoms with E-state index < -0.39 is 18.7 Å². The number of ether oxygens (including phenoxy) is 1. The average Bonchev–Trinajstić information content (AvgIpc) is 3.50. The van der Waals surface area contributed by atoms with Gasteiger partial charge < -0.3 is 24.1 Å². The van der Waals surface area contributed by atoms with Gasteiger partial charge >= 0.3 is 5.97 Å². The van der Waals surface area contributed by atoms with Gasteiger partial charge in [-0.1, -0.05) is 60.1 Å². The smallest absolute Gasteiger partial charge is 0.329 e. The van der Waals surface area contributed by atoms with Crippen LogP contribution in [0.3, 0.4) is 0 Å². The number of carboxylic acids is 1. The lowest BCUT2D eigenvalue weighted by atomic mass is 9.88. The van der Waals surface area contributed by atoms with Gasteiger partial charge in [-0.3, -0.25) is 4.79 Å². The zero-order valence-corrected chi connectivity index (χ0v) is 24.6. The maximum atomic E-state index is 13.4. The van der Waals surface area contributed by atoms with E-state index >= 15 is 0 Å². The van der Waals surface area contributed by atoms with Crippen LogP contribution < -0.4 is 5.32 Å². The number of aromatic nitrogens is 1. The first-order valence-corrected chi connectivity index (χ1v) is 14.1. The molecule has 42 heavy (non-hydrogen) atoms. The number of rotatable bonds is 10. The summed E-state index contributed by atoms with van der Waals surface area (Å²) in [6.07, 6.45) is 6.90. The fraction of sp³-hybridized carbons (Fsp3) is 0.324. The molecule has 1 aliphatic rings. The molecule has 3 unspecified atom stereocenters. The number of nitrogens with one attached hydrogen (secondary N) is 1. The molecule has 2 N–H and O–H groups in total. The Morgan fingerprint density at radius 1 is 1.12 bits per heavy atom. The molecule has 0 bridgehead atoms. The van der Waals surface area contributed by atoms with Crippen LogP contribution in [0.5, 0.6) is 0 Å². The number of hydrogen-bond acceptors (Lipinski definition) is 6. The maximum absolute atomic E-state index is 13.4. The Morgan fingerprint density at radius 2 is 1.93 bits per heavy atom. The number of carbonyl (C=O) groups excluding carboxylic acids is 1. The zero-order valence-electron chi connectivity index (χ0n) is 24.6. The molecule has 2 aromatic carbocycles. The first-order valence-electron chi connectivity index (χ1n) is 14.1. The molecule has 3 atom stereocenters. The topological polar surface area (TPSA) is 115 Å². The van der Waals surface area contributed by atoms with Crippen LogP contribution in [0.1, 0.15) is 70.5 Å². The molecule has 4 aromatic rings. The van der Waals surface area contributed by atoms with E-state index in [0.29, 0.717) is 34.3 Å². The number of aryl methyl sites for hydroxylation is 4. The highest BCUT2D eigenvalue weighted by atomic mass is 16.5. The second-order valence-electron chi connectivity index (χ2n) is 11.2. The summed E-state index contributed by atoms with van der Waals surface area (Å²) in [5.74, 6) is 0.179. The highest BCUT2D eigenvalue weighted by Crippen LogP contribution is 2.35. The molecule has 0 spiro atoms. The van der Waals surface area contributed by atoms with Gasteiger partial charge in [0.05, 0.1) is 23.7 Å². The number of fused-ring (bicyclic) bond motifs is 1. The number of hydrogen-bond donors (Lipinski definition) is 2. The highest BCUT2D eigenvalue weighted by Gasteiger charge is 2.28. The molecule has 0 saturated carbocycles. The number of allylic oxidation sites excluding steroid dienone is 2. The second-order valence-corrected chi connectivity index (χ2v) is 11.2. The third-order valence-corrected chi connectivity index (χ3v) is 7.62. The van der Waals surface area contributed by atoms with Gasteiger partial charge in [0.15, 0.2) is 0 Å². The summed E-state index contributed by atoms with van der Waals surface area (Å²) in [6.45, 7) is 9.34. The van der Waals surface area contributed by atoms with E-state index in [-0.39, 0.29) is 18.4 Å². The van der Waals surface area contributed by atoms with Crippen molar-refractivity contribution in [2.75, 3.05) is 6.61 Å². The number of benzene rings is 2. The van der Waals surface area contributed by atoms with Gasteiger partial charge in [0, 0.05) is 5.39 Å². The molecule has 0 aliphatic heterocycles. The minimum Gasteiger partial charge on any atom is -0.480 e. The van der Waals surface area contributed by atoms with Crippen molar-refractivity contribution in [3.05, 3.63) is 111 Å².